The number of carbonyl (C=O) groups excluding carboxylic acids is 1. The molecule has 0 radical (unpaired) electrons. The van der Waals surface area contributed by atoms with Crippen LogP contribution < -0.4 is 10.1 Å². The molecule has 1 heterocycles. The van der Waals surface area contributed by atoms with Crippen molar-refractivity contribution in [1.29, 1.82) is 0 Å². The largest absolute Gasteiger partial charge is 0.497 e. The Morgan fingerprint density at radius 3 is 2.67 bits per heavy atom. The van der Waals surface area contributed by atoms with Crippen molar-refractivity contribution in [3.63, 3.8) is 0 Å². The lowest BCUT2D eigenvalue weighted by atomic mass is 10.1. The molecule has 1 N–H and O–H groups in total. The maximum atomic E-state index is 12.5. The number of hydrogen-bond acceptors (Lipinski definition) is 4. The minimum absolute atomic E-state index is 0.228. The summed E-state index contributed by atoms with van der Waals surface area (Å²) < 4.78 is 5.88. The Bertz CT molecular complexity index is 878. The van der Waals surface area contributed by atoms with E-state index in [2.05, 4.69) is 26.2 Å². The number of carbonyl (C=O) groups is 1. The molecule has 0 aliphatic heterocycles. The van der Waals surface area contributed by atoms with Crippen molar-refractivity contribution in [2.24, 2.45) is 0 Å². The Labute approximate surface area is 152 Å². The van der Waals surface area contributed by atoms with Crippen molar-refractivity contribution < 1.29 is 9.53 Å². The van der Waals surface area contributed by atoms with Crippen LogP contribution in [0.3, 0.4) is 0 Å². The molecule has 0 saturated heterocycles. The summed E-state index contributed by atoms with van der Waals surface area (Å²) in [5.74, 6) is 0.401. The number of aryl methyl sites for hydroxylation is 1. The summed E-state index contributed by atoms with van der Waals surface area (Å²) in [6.07, 6.45) is 0. The highest BCUT2D eigenvalue weighted by molar-refractivity contribution is 9.10. The molecule has 1 amide bonds. The molecule has 3 aromatic rings. The van der Waals surface area contributed by atoms with Gasteiger partial charge in [0.25, 0.3) is 5.91 Å². The first-order chi connectivity index (χ1) is 11.6. The second kappa shape index (κ2) is 7.15. The molecule has 0 unspecified atom stereocenters. The molecule has 24 heavy (non-hydrogen) atoms. The van der Waals surface area contributed by atoms with Crippen molar-refractivity contribution in [3.05, 3.63) is 63.4 Å². The molecule has 0 fully saturated rings. The van der Waals surface area contributed by atoms with E-state index >= 15 is 0 Å². The molecule has 0 bridgehead atoms. The quantitative estimate of drug-likeness (QED) is 0.656. The Morgan fingerprint density at radius 2 is 1.96 bits per heavy atom. The fourth-order valence-electron chi connectivity index (χ4n) is 2.28. The minimum Gasteiger partial charge on any atom is -0.497 e. The Morgan fingerprint density at radius 1 is 1.21 bits per heavy atom. The number of nitrogens with one attached hydrogen (secondary N) is 1. The van der Waals surface area contributed by atoms with Crippen LogP contribution in [0.15, 0.2) is 53.0 Å². The van der Waals surface area contributed by atoms with Crippen molar-refractivity contribution in [1.82, 2.24) is 4.98 Å². The maximum absolute atomic E-state index is 12.5. The van der Waals surface area contributed by atoms with Gasteiger partial charge in [0.05, 0.1) is 18.4 Å². The molecule has 3 rings (SSSR count). The van der Waals surface area contributed by atoms with Gasteiger partial charge in [-0.05, 0) is 41.1 Å². The van der Waals surface area contributed by atoms with E-state index < -0.39 is 0 Å². The van der Waals surface area contributed by atoms with Crippen molar-refractivity contribution in [3.8, 4) is 17.0 Å². The molecule has 2 aromatic carbocycles. The van der Waals surface area contributed by atoms with Gasteiger partial charge in [0, 0.05) is 14.9 Å². The van der Waals surface area contributed by atoms with E-state index in [9.17, 15) is 4.79 Å². The molecule has 0 aliphatic rings. The lowest BCUT2D eigenvalue weighted by Gasteiger charge is -2.06. The van der Waals surface area contributed by atoms with E-state index in [1.54, 1.807) is 25.3 Å². The molecule has 122 valence electrons. The third kappa shape index (κ3) is 3.49. The predicted octanol–water partition coefficient (Wildman–Crippen LogP) is 5.14. The van der Waals surface area contributed by atoms with Crippen LogP contribution in [0.1, 0.15) is 15.2 Å². The van der Waals surface area contributed by atoms with Crippen LogP contribution in [0, 0.1) is 6.92 Å². The van der Waals surface area contributed by atoms with E-state index in [1.165, 1.54) is 11.3 Å². The van der Waals surface area contributed by atoms with E-state index in [1.807, 2.05) is 37.3 Å². The lowest BCUT2D eigenvalue weighted by molar-refractivity contribution is 0.102. The highest BCUT2D eigenvalue weighted by Gasteiger charge is 2.15. The molecule has 1 aromatic heterocycles. The number of hydrogen-bond donors (Lipinski definition) is 1. The zero-order chi connectivity index (χ0) is 17.1. The molecular weight excluding hydrogens is 388 g/mol. The number of thiazole rings is 1. The summed E-state index contributed by atoms with van der Waals surface area (Å²) in [5.41, 5.74) is 2.43. The summed E-state index contributed by atoms with van der Waals surface area (Å²) in [4.78, 5) is 18.1. The topological polar surface area (TPSA) is 51.2 Å². The lowest BCUT2D eigenvalue weighted by Crippen LogP contribution is -2.12. The third-order valence-corrected chi connectivity index (χ3v) is 5.06. The van der Waals surface area contributed by atoms with E-state index in [-0.39, 0.29) is 5.91 Å². The van der Waals surface area contributed by atoms with Gasteiger partial charge in [0.2, 0.25) is 0 Å². The Kier molecular flexibility index (Phi) is 4.97. The first-order valence-electron chi connectivity index (χ1n) is 7.26. The number of anilines is 1. The first-order valence-corrected chi connectivity index (χ1v) is 8.87. The smallest absolute Gasteiger partial charge is 0.258 e. The van der Waals surface area contributed by atoms with E-state index in [0.717, 1.165) is 16.1 Å². The second-order valence-electron chi connectivity index (χ2n) is 5.09. The van der Waals surface area contributed by atoms with Gasteiger partial charge in [-0.1, -0.05) is 30.3 Å². The van der Waals surface area contributed by atoms with Crippen molar-refractivity contribution in [2.45, 2.75) is 6.92 Å². The average molecular weight is 403 g/mol. The van der Waals surface area contributed by atoms with E-state index in [0.29, 0.717) is 20.9 Å². The number of methoxy groups -OCH3 is 1. The second-order valence-corrected chi connectivity index (χ2v) is 7.15. The normalized spacial score (nSPS) is 10.5. The van der Waals surface area contributed by atoms with Crippen molar-refractivity contribution >= 4 is 38.3 Å². The van der Waals surface area contributed by atoms with Crippen LogP contribution in [0.4, 0.5) is 5.13 Å². The van der Waals surface area contributed by atoms with Gasteiger partial charge in [0.15, 0.2) is 5.13 Å². The van der Waals surface area contributed by atoms with Gasteiger partial charge in [0.1, 0.15) is 5.75 Å². The average Bonchev–Trinajstić information content (AvgIpc) is 2.96. The molecule has 0 aliphatic carbocycles. The maximum Gasteiger partial charge on any atom is 0.258 e. The molecule has 6 heteroatoms. The van der Waals surface area contributed by atoms with Gasteiger partial charge < -0.3 is 4.74 Å². The SMILES string of the molecule is COc1ccc(Br)c(C(=O)Nc2nc(-c3ccccc3)c(C)s2)c1. The summed E-state index contributed by atoms with van der Waals surface area (Å²) in [5, 5.41) is 3.44. The molecule has 0 spiro atoms. The number of aromatic nitrogens is 1. The van der Waals surface area contributed by atoms with Gasteiger partial charge in [-0.3, -0.25) is 10.1 Å². The summed E-state index contributed by atoms with van der Waals surface area (Å²) in [6.45, 7) is 2.00. The van der Waals surface area contributed by atoms with Gasteiger partial charge in [-0.15, -0.1) is 11.3 Å². The zero-order valence-electron chi connectivity index (χ0n) is 13.2. The van der Waals surface area contributed by atoms with Gasteiger partial charge in [-0.2, -0.15) is 0 Å². The predicted molar refractivity (Wildman–Crippen MR) is 101 cm³/mol. The fourth-order valence-corrected chi connectivity index (χ4v) is 3.54. The van der Waals surface area contributed by atoms with Gasteiger partial charge in [-0.25, -0.2) is 4.98 Å². The molecule has 0 saturated carbocycles. The van der Waals surface area contributed by atoms with Crippen LogP contribution >= 0.6 is 27.3 Å². The molecule has 0 atom stereocenters. The van der Waals surface area contributed by atoms with Crippen LogP contribution in [0.25, 0.3) is 11.3 Å². The fraction of sp³-hybridized carbons (Fsp3) is 0.111. The summed E-state index contributed by atoms with van der Waals surface area (Å²) in [6, 6.07) is 15.2. The number of ether oxygens (including phenoxy) is 1. The standard InChI is InChI=1S/C18H15BrN2O2S/c1-11-16(12-6-4-3-5-7-12)20-18(24-11)21-17(22)14-10-13(23-2)8-9-15(14)19/h3-10H,1-2H3,(H,20,21,22). The Hall–Kier alpha value is -2.18. The Balaban J connectivity index is 1.86. The van der Waals surface area contributed by atoms with E-state index in [4.69, 9.17) is 4.74 Å². The highest BCUT2D eigenvalue weighted by atomic mass is 79.9. The number of nitrogens with zero attached hydrogens (tertiary/aromatic N) is 1. The number of amides is 1. The first kappa shape index (κ1) is 16.7. The van der Waals surface area contributed by atoms with Crippen LogP contribution in [0.5, 0.6) is 5.75 Å². The number of benzene rings is 2. The van der Waals surface area contributed by atoms with Crippen molar-refractivity contribution in [2.75, 3.05) is 12.4 Å². The zero-order valence-corrected chi connectivity index (χ0v) is 15.6. The number of rotatable bonds is 4. The monoisotopic (exact) mass is 402 g/mol. The van der Waals surface area contributed by atoms with Gasteiger partial charge >= 0.3 is 0 Å². The summed E-state index contributed by atoms with van der Waals surface area (Å²) >= 11 is 4.85. The third-order valence-electron chi connectivity index (χ3n) is 3.48. The number of halogens is 1. The minimum atomic E-state index is -0.228. The highest BCUT2D eigenvalue weighted by Crippen LogP contribution is 2.31. The van der Waals surface area contributed by atoms with Crippen LogP contribution in [0.2, 0.25) is 0 Å². The van der Waals surface area contributed by atoms with Crippen LogP contribution in [-0.2, 0) is 0 Å². The summed E-state index contributed by atoms with van der Waals surface area (Å²) in [7, 11) is 1.57. The molecular formula is C18H15BrN2O2S. The van der Waals surface area contributed by atoms with Crippen LogP contribution in [-0.4, -0.2) is 18.0 Å². The molecule has 4 nitrogen and oxygen atoms in total.